The predicted octanol–water partition coefficient (Wildman–Crippen LogP) is 2.44. The van der Waals surface area contributed by atoms with E-state index in [4.69, 9.17) is 4.74 Å². The Morgan fingerprint density at radius 3 is 2.15 bits per heavy atom. The van der Waals surface area contributed by atoms with Crippen molar-refractivity contribution in [3.63, 3.8) is 0 Å². The summed E-state index contributed by atoms with van der Waals surface area (Å²) in [4.78, 5) is 34.1. The summed E-state index contributed by atoms with van der Waals surface area (Å²) in [6.45, 7) is 0.640. The second-order valence-electron chi connectivity index (χ2n) is 7.75. The quantitative estimate of drug-likeness (QED) is 0.173. The number of nitrogens with one attached hydrogen (secondary N) is 3. The fraction of sp³-hybridized carbons (Fsp3) is 0.542. The Labute approximate surface area is 202 Å². The third-order valence-electron chi connectivity index (χ3n) is 4.88. The molecule has 0 radical (unpaired) electrons. The van der Waals surface area contributed by atoms with Crippen LogP contribution < -0.4 is 15.4 Å². The molecular weight excluding hydrogens is 458 g/mol. The average molecular weight is 496 g/mol. The van der Waals surface area contributed by atoms with Gasteiger partial charge in [-0.15, -0.1) is 0 Å². The third-order valence-corrected chi connectivity index (χ3v) is 6.27. The lowest BCUT2D eigenvalue weighted by Crippen LogP contribution is -2.38. The van der Waals surface area contributed by atoms with E-state index in [-0.39, 0.29) is 11.5 Å². The summed E-state index contributed by atoms with van der Waals surface area (Å²) in [5, 5.41) is 4.85. The van der Waals surface area contributed by atoms with Crippen molar-refractivity contribution in [3.8, 4) is 0 Å². The minimum Gasteiger partial charge on any atom is -0.372 e. The highest BCUT2D eigenvalue weighted by Gasteiger charge is 2.16. The van der Waals surface area contributed by atoms with Crippen molar-refractivity contribution < 1.29 is 27.5 Å². The van der Waals surface area contributed by atoms with Gasteiger partial charge in [-0.2, -0.15) is 0 Å². The van der Waals surface area contributed by atoms with Crippen molar-refractivity contribution in [3.05, 3.63) is 42.5 Å². The van der Waals surface area contributed by atoms with Gasteiger partial charge in [0.1, 0.15) is 6.61 Å². The molecule has 0 bridgehead atoms. The minimum absolute atomic E-state index is 0.0442. The van der Waals surface area contributed by atoms with Crippen LogP contribution in [0.3, 0.4) is 0 Å². The van der Waals surface area contributed by atoms with Crippen molar-refractivity contribution >= 4 is 27.7 Å². The molecule has 3 N–H and O–H groups in total. The van der Waals surface area contributed by atoms with Crippen LogP contribution in [0.25, 0.3) is 0 Å². The highest BCUT2D eigenvalue weighted by Crippen LogP contribution is 2.08. The van der Waals surface area contributed by atoms with Crippen LogP contribution in [0.4, 0.5) is 0 Å². The molecular formula is C24H37N3O6S. The Bertz CT molecular complexity index is 872. The van der Waals surface area contributed by atoms with Crippen LogP contribution >= 0.6 is 0 Å². The van der Waals surface area contributed by atoms with Crippen molar-refractivity contribution in [2.75, 3.05) is 26.8 Å². The van der Waals surface area contributed by atoms with Gasteiger partial charge in [-0.25, -0.2) is 13.1 Å². The average Bonchev–Trinajstić information content (AvgIpc) is 2.83. The molecule has 0 saturated carbocycles. The van der Waals surface area contributed by atoms with Gasteiger partial charge in [-0.3, -0.25) is 14.4 Å². The van der Waals surface area contributed by atoms with Gasteiger partial charge >= 0.3 is 11.8 Å². The number of carbonyl (C=O) groups is 3. The molecule has 34 heavy (non-hydrogen) atoms. The summed E-state index contributed by atoms with van der Waals surface area (Å²) in [7, 11) is -2.42. The molecule has 1 aromatic rings. The largest absolute Gasteiger partial charge is 0.372 e. The van der Waals surface area contributed by atoms with Gasteiger partial charge in [0.2, 0.25) is 0 Å². The molecule has 0 aliphatic heterocycles. The van der Waals surface area contributed by atoms with Crippen molar-refractivity contribution in [2.24, 2.45) is 0 Å². The second-order valence-corrected chi connectivity index (χ2v) is 9.44. The number of rotatable bonds is 17. The van der Waals surface area contributed by atoms with E-state index in [1.807, 2.05) is 4.72 Å². The highest BCUT2D eigenvalue weighted by atomic mass is 32.2. The SMILES string of the molecule is CNC(=O)C(=O)NCCCCC=CCCCCCCCOCC(=O)NS(=O)(=O)c1ccccc1. The van der Waals surface area contributed by atoms with E-state index in [0.29, 0.717) is 13.2 Å². The number of hydrogen-bond acceptors (Lipinski definition) is 6. The smallest absolute Gasteiger partial charge is 0.309 e. The summed E-state index contributed by atoms with van der Waals surface area (Å²) >= 11 is 0. The van der Waals surface area contributed by atoms with E-state index in [2.05, 4.69) is 22.8 Å². The molecule has 10 heteroatoms. The van der Waals surface area contributed by atoms with Gasteiger partial charge in [-0.1, -0.05) is 49.6 Å². The van der Waals surface area contributed by atoms with Crippen molar-refractivity contribution in [2.45, 2.75) is 62.7 Å². The van der Waals surface area contributed by atoms with Crippen LogP contribution in [-0.2, 0) is 29.1 Å². The number of likely N-dealkylation sites (N-methyl/N-ethyl adjacent to an activating group) is 1. The Balaban J connectivity index is 1.92. The molecule has 0 aliphatic rings. The van der Waals surface area contributed by atoms with Crippen LogP contribution in [0.15, 0.2) is 47.4 Å². The fourth-order valence-corrected chi connectivity index (χ4v) is 4.01. The molecule has 0 spiro atoms. The van der Waals surface area contributed by atoms with Crippen molar-refractivity contribution in [1.29, 1.82) is 0 Å². The molecule has 190 valence electrons. The zero-order valence-electron chi connectivity index (χ0n) is 19.9. The molecule has 0 aliphatic carbocycles. The molecule has 1 aromatic carbocycles. The maximum absolute atomic E-state index is 12.0. The number of carbonyl (C=O) groups excluding carboxylic acids is 3. The number of sulfonamides is 1. The lowest BCUT2D eigenvalue weighted by Gasteiger charge is -2.07. The van der Waals surface area contributed by atoms with Gasteiger partial charge in [0.05, 0.1) is 4.90 Å². The van der Waals surface area contributed by atoms with E-state index in [1.165, 1.54) is 19.2 Å². The van der Waals surface area contributed by atoms with E-state index >= 15 is 0 Å². The molecule has 9 nitrogen and oxygen atoms in total. The standard InChI is InChI=1S/C24H37N3O6S/c1-25-23(29)24(30)26-18-14-9-7-5-3-2-4-6-8-10-15-19-33-20-22(28)27-34(31,32)21-16-12-11-13-17-21/h3,5,11-13,16-17H,2,4,6-10,14-15,18-20H2,1H3,(H,25,29)(H,26,30)(H,27,28). The van der Waals surface area contributed by atoms with Gasteiger partial charge < -0.3 is 15.4 Å². The van der Waals surface area contributed by atoms with Crippen molar-refractivity contribution in [1.82, 2.24) is 15.4 Å². The second kappa shape index (κ2) is 17.7. The first-order valence-electron chi connectivity index (χ1n) is 11.7. The van der Waals surface area contributed by atoms with Gasteiger partial charge in [0.25, 0.3) is 15.9 Å². The topological polar surface area (TPSA) is 131 Å². The van der Waals surface area contributed by atoms with Gasteiger partial charge in [0, 0.05) is 20.2 Å². The fourth-order valence-electron chi connectivity index (χ4n) is 3.02. The summed E-state index contributed by atoms with van der Waals surface area (Å²) in [6.07, 6.45) is 13.2. The molecule has 0 saturated heterocycles. The number of unbranched alkanes of at least 4 members (excludes halogenated alkanes) is 7. The zero-order valence-corrected chi connectivity index (χ0v) is 20.7. The maximum atomic E-state index is 12.0. The number of amides is 3. The Morgan fingerprint density at radius 1 is 0.853 bits per heavy atom. The molecule has 0 heterocycles. The Morgan fingerprint density at radius 2 is 1.47 bits per heavy atom. The minimum atomic E-state index is -3.85. The van der Waals surface area contributed by atoms with Gasteiger partial charge in [0.15, 0.2) is 0 Å². The van der Waals surface area contributed by atoms with E-state index < -0.39 is 27.7 Å². The Kier molecular flexibility index (Phi) is 15.3. The van der Waals surface area contributed by atoms with Crippen LogP contribution in [0.1, 0.15) is 57.8 Å². The maximum Gasteiger partial charge on any atom is 0.309 e. The Hall–Kier alpha value is -2.72. The van der Waals surface area contributed by atoms with Crippen LogP contribution in [0.2, 0.25) is 0 Å². The zero-order chi connectivity index (χ0) is 25.1. The number of benzene rings is 1. The molecule has 0 atom stereocenters. The molecule has 0 unspecified atom stereocenters. The molecule has 1 rings (SSSR count). The lowest BCUT2D eigenvalue weighted by molar-refractivity contribution is -0.138. The van der Waals surface area contributed by atoms with E-state index in [0.717, 1.165) is 57.8 Å². The summed E-state index contributed by atoms with van der Waals surface area (Å²) in [6, 6.07) is 7.74. The van der Waals surface area contributed by atoms with Crippen LogP contribution in [-0.4, -0.2) is 52.9 Å². The molecule has 3 amide bonds. The molecule has 0 fully saturated rings. The first-order valence-corrected chi connectivity index (χ1v) is 13.2. The molecule has 0 aromatic heterocycles. The normalized spacial score (nSPS) is 11.3. The van der Waals surface area contributed by atoms with Crippen LogP contribution in [0.5, 0.6) is 0 Å². The lowest BCUT2D eigenvalue weighted by atomic mass is 10.1. The highest BCUT2D eigenvalue weighted by molar-refractivity contribution is 7.90. The first-order chi connectivity index (χ1) is 16.4. The van der Waals surface area contributed by atoms with Gasteiger partial charge in [-0.05, 0) is 50.7 Å². The number of allylic oxidation sites excluding steroid dienone is 2. The number of hydrogen-bond donors (Lipinski definition) is 3. The third kappa shape index (κ3) is 13.7. The van der Waals surface area contributed by atoms with E-state index in [1.54, 1.807) is 18.2 Å². The summed E-state index contributed by atoms with van der Waals surface area (Å²) in [5.41, 5.74) is 0. The van der Waals surface area contributed by atoms with Crippen LogP contribution in [0, 0.1) is 0 Å². The summed E-state index contributed by atoms with van der Waals surface area (Å²) < 4.78 is 31.4. The number of ether oxygens (including phenoxy) is 1. The monoisotopic (exact) mass is 495 g/mol. The van der Waals surface area contributed by atoms with E-state index in [9.17, 15) is 22.8 Å². The summed E-state index contributed by atoms with van der Waals surface area (Å²) in [5.74, 6) is -1.89. The predicted molar refractivity (Wildman–Crippen MR) is 130 cm³/mol. The first kappa shape index (κ1) is 29.3.